The summed E-state index contributed by atoms with van der Waals surface area (Å²) in [5.41, 5.74) is 2.42. The maximum atomic E-state index is 12.8. The Balaban J connectivity index is 1.57. The van der Waals surface area contributed by atoms with Gasteiger partial charge in [0.05, 0.1) is 12.5 Å². The third-order valence-corrected chi connectivity index (χ3v) is 4.71. The molecule has 0 radical (unpaired) electrons. The number of rotatable bonds is 3. The SMILES string of the molecule is COc1ccc2c(=O)c(N3CCN(c4ccccc4)CC3)coc2c1. The largest absolute Gasteiger partial charge is 0.497 e. The zero-order chi connectivity index (χ0) is 17.2. The van der Waals surface area contributed by atoms with Crippen LogP contribution >= 0.6 is 0 Å². The summed E-state index contributed by atoms with van der Waals surface area (Å²) in [5, 5.41) is 0.587. The fourth-order valence-corrected chi connectivity index (χ4v) is 3.29. The molecule has 1 aliphatic heterocycles. The first-order valence-corrected chi connectivity index (χ1v) is 8.41. The molecule has 1 saturated heterocycles. The van der Waals surface area contributed by atoms with Gasteiger partial charge in [-0.1, -0.05) is 18.2 Å². The number of methoxy groups -OCH3 is 1. The highest BCUT2D eigenvalue weighted by molar-refractivity contribution is 5.81. The summed E-state index contributed by atoms with van der Waals surface area (Å²) in [5.74, 6) is 0.680. The van der Waals surface area contributed by atoms with Crippen LogP contribution in [0.3, 0.4) is 0 Å². The van der Waals surface area contributed by atoms with Crippen molar-refractivity contribution in [1.29, 1.82) is 0 Å². The van der Waals surface area contributed by atoms with Crippen LogP contribution in [0.15, 0.2) is 64.0 Å². The molecule has 0 amide bonds. The first-order chi connectivity index (χ1) is 12.3. The van der Waals surface area contributed by atoms with E-state index >= 15 is 0 Å². The van der Waals surface area contributed by atoms with E-state index in [2.05, 4.69) is 21.9 Å². The zero-order valence-corrected chi connectivity index (χ0v) is 14.1. The van der Waals surface area contributed by atoms with E-state index in [0.717, 1.165) is 26.2 Å². The van der Waals surface area contributed by atoms with Gasteiger partial charge in [-0.05, 0) is 24.3 Å². The Labute approximate surface area is 146 Å². The second-order valence-corrected chi connectivity index (χ2v) is 6.12. The van der Waals surface area contributed by atoms with Gasteiger partial charge in [0.2, 0.25) is 5.43 Å². The van der Waals surface area contributed by atoms with Crippen molar-refractivity contribution in [2.45, 2.75) is 0 Å². The van der Waals surface area contributed by atoms with Gasteiger partial charge in [0, 0.05) is 37.9 Å². The molecule has 1 fully saturated rings. The van der Waals surface area contributed by atoms with Gasteiger partial charge in [0.1, 0.15) is 23.3 Å². The minimum atomic E-state index is 0.0112. The molecule has 0 spiro atoms. The van der Waals surface area contributed by atoms with Crippen molar-refractivity contribution in [3.8, 4) is 5.75 Å². The lowest BCUT2D eigenvalue weighted by atomic mass is 10.2. The standard InChI is InChI=1S/C20H20N2O3/c1-24-16-7-8-17-19(13-16)25-14-18(20(17)23)22-11-9-21(10-12-22)15-5-3-2-4-6-15/h2-8,13-14H,9-12H2,1H3. The number of ether oxygens (including phenoxy) is 1. The molecule has 5 heteroatoms. The average Bonchev–Trinajstić information content (AvgIpc) is 2.69. The van der Waals surface area contributed by atoms with Gasteiger partial charge in [-0.25, -0.2) is 0 Å². The lowest BCUT2D eigenvalue weighted by molar-refractivity contribution is 0.414. The Bertz CT molecular complexity index is 929. The third-order valence-electron chi connectivity index (χ3n) is 4.71. The average molecular weight is 336 g/mol. The van der Waals surface area contributed by atoms with Gasteiger partial charge in [0.15, 0.2) is 0 Å². The maximum absolute atomic E-state index is 12.8. The molecule has 0 N–H and O–H groups in total. The molecular weight excluding hydrogens is 316 g/mol. The molecule has 2 aromatic carbocycles. The van der Waals surface area contributed by atoms with Gasteiger partial charge in [0.25, 0.3) is 0 Å². The van der Waals surface area contributed by atoms with Crippen molar-refractivity contribution in [1.82, 2.24) is 0 Å². The first-order valence-electron chi connectivity index (χ1n) is 8.41. The fourth-order valence-electron chi connectivity index (χ4n) is 3.29. The number of hydrogen-bond acceptors (Lipinski definition) is 5. The maximum Gasteiger partial charge on any atom is 0.215 e. The van der Waals surface area contributed by atoms with Crippen LogP contribution in [0.4, 0.5) is 11.4 Å². The Morgan fingerprint density at radius 1 is 0.960 bits per heavy atom. The molecule has 3 aromatic rings. The van der Waals surface area contributed by atoms with E-state index in [0.29, 0.717) is 22.4 Å². The molecule has 0 bridgehead atoms. The van der Waals surface area contributed by atoms with Crippen LogP contribution < -0.4 is 20.0 Å². The molecule has 1 aliphatic rings. The van der Waals surface area contributed by atoms with E-state index in [9.17, 15) is 4.79 Å². The normalized spacial score (nSPS) is 14.8. The van der Waals surface area contributed by atoms with Crippen LogP contribution in [0.2, 0.25) is 0 Å². The third kappa shape index (κ3) is 2.93. The smallest absolute Gasteiger partial charge is 0.215 e. The van der Waals surface area contributed by atoms with Crippen molar-refractivity contribution in [3.05, 3.63) is 65.0 Å². The van der Waals surface area contributed by atoms with Gasteiger partial charge in [-0.15, -0.1) is 0 Å². The van der Waals surface area contributed by atoms with Crippen molar-refractivity contribution in [3.63, 3.8) is 0 Å². The minimum Gasteiger partial charge on any atom is -0.497 e. The zero-order valence-electron chi connectivity index (χ0n) is 14.1. The summed E-state index contributed by atoms with van der Waals surface area (Å²) in [6, 6.07) is 15.7. The molecule has 25 heavy (non-hydrogen) atoms. The van der Waals surface area contributed by atoms with Crippen LogP contribution in [0.25, 0.3) is 11.0 Å². The molecule has 5 nitrogen and oxygen atoms in total. The van der Waals surface area contributed by atoms with E-state index in [-0.39, 0.29) is 5.43 Å². The van der Waals surface area contributed by atoms with Crippen LogP contribution in [0.1, 0.15) is 0 Å². The van der Waals surface area contributed by atoms with Crippen molar-refractivity contribution >= 4 is 22.3 Å². The van der Waals surface area contributed by atoms with Crippen molar-refractivity contribution in [2.24, 2.45) is 0 Å². The number of fused-ring (bicyclic) bond motifs is 1. The predicted octanol–water partition coefficient (Wildman–Crippen LogP) is 3.13. The lowest BCUT2D eigenvalue weighted by Crippen LogP contribution is -2.47. The number of anilines is 2. The molecule has 0 saturated carbocycles. The first kappa shape index (κ1) is 15.6. The van der Waals surface area contributed by atoms with Crippen LogP contribution in [0, 0.1) is 0 Å². The number of nitrogens with zero attached hydrogens (tertiary/aromatic N) is 2. The van der Waals surface area contributed by atoms with Gasteiger partial charge >= 0.3 is 0 Å². The highest BCUT2D eigenvalue weighted by Gasteiger charge is 2.20. The Morgan fingerprint density at radius 3 is 2.40 bits per heavy atom. The molecule has 1 aromatic heterocycles. The van der Waals surface area contributed by atoms with Crippen molar-refractivity contribution in [2.75, 3.05) is 43.1 Å². The van der Waals surface area contributed by atoms with Crippen molar-refractivity contribution < 1.29 is 9.15 Å². The monoisotopic (exact) mass is 336 g/mol. The molecule has 2 heterocycles. The molecule has 0 unspecified atom stereocenters. The number of para-hydroxylation sites is 1. The second kappa shape index (κ2) is 6.51. The Morgan fingerprint density at radius 2 is 1.68 bits per heavy atom. The Hall–Kier alpha value is -2.95. The van der Waals surface area contributed by atoms with E-state index in [1.54, 1.807) is 31.6 Å². The predicted molar refractivity (Wildman–Crippen MR) is 99.9 cm³/mol. The number of benzene rings is 2. The quantitative estimate of drug-likeness (QED) is 0.735. The van der Waals surface area contributed by atoms with Gasteiger partial charge < -0.3 is 19.0 Å². The van der Waals surface area contributed by atoms with Crippen LogP contribution in [0.5, 0.6) is 5.75 Å². The summed E-state index contributed by atoms with van der Waals surface area (Å²) in [6.07, 6.45) is 1.57. The fraction of sp³-hybridized carbons (Fsp3) is 0.250. The second-order valence-electron chi connectivity index (χ2n) is 6.12. The molecular formula is C20H20N2O3. The molecule has 4 rings (SSSR count). The van der Waals surface area contributed by atoms with Gasteiger partial charge in [-0.3, -0.25) is 4.79 Å². The summed E-state index contributed by atoms with van der Waals surface area (Å²) < 4.78 is 10.9. The highest BCUT2D eigenvalue weighted by atomic mass is 16.5. The van der Waals surface area contributed by atoms with E-state index in [1.807, 2.05) is 18.2 Å². The summed E-state index contributed by atoms with van der Waals surface area (Å²) in [4.78, 5) is 17.3. The minimum absolute atomic E-state index is 0.0112. The Kier molecular flexibility index (Phi) is 4.06. The topological polar surface area (TPSA) is 45.9 Å². The summed E-state index contributed by atoms with van der Waals surface area (Å²) >= 11 is 0. The van der Waals surface area contributed by atoms with Crippen LogP contribution in [-0.4, -0.2) is 33.3 Å². The molecule has 0 aliphatic carbocycles. The van der Waals surface area contributed by atoms with Gasteiger partial charge in [-0.2, -0.15) is 0 Å². The van der Waals surface area contributed by atoms with Crippen LogP contribution in [-0.2, 0) is 0 Å². The highest BCUT2D eigenvalue weighted by Crippen LogP contribution is 2.23. The van der Waals surface area contributed by atoms with E-state index < -0.39 is 0 Å². The lowest BCUT2D eigenvalue weighted by Gasteiger charge is -2.36. The molecule has 128 valence electrons. The number of hydrogen-bond donors (Lipinski definition) is 0. The van der Waals surface area contributed by atoms with E-state index in [1.165, 1.54) is 5.69 Å². The molecule has 0 atom stereocenters. The summed E-state index contributed by atoms with van der Waals surface area (Å²) in [7, 11) is 1.60. The summed E-state index contributed by atoms with van der Waals surface area (Å²) in [6.45, 7) is 3.34. The van der Waals surface area contributed by atoms with E-state index in [4.69, 9.17) is 9.15 Å². The number of piperazine rings is 1.